The van der Waals surface area contributed by atoms with Crippen molar-refractivity contribution in [1.29, 1.82) is 0 Å². The number of hydrogen-bond acceptors (Lipinski definition) is 3. The van der Waals surface area contributed by atoms with Crippen molar-refractivity contribution in [3.05, 3.63) is 0 Å². The van der Waals surface area contributed by atoms with Gasteiger partial charge in [-0.1, -0.05) is 13.3 Å². The molecule has 4 heteroatoms. The molecule has 4 nitrogen and oxygen atoms in total. The minimum atomic E-state index is -0.397. The van der Waals surface area contributed by atoms with Gasteiger partial charge in [0.25, 0.3) is 0 Å². The largest absolute Gasteiger partial charge is 0.444 e. The molecule has 1 saturated carbocycles. The fourth-order valence-corrected chi connectivity index (χ4v) is 3.36. The lowest BCUT2D eigenvalue weighted by atomic mass is 9.91. The van der Waals surface area contributed by atoms with Crippen LogP contribution >= 0.6 is 0 Å². The Kier molecular flexibility index (Phi) is 6.13. The van der Waals surface area contributed by atoms with Crippen LogP contribution < -0.4 is 0 Å². The third kappa shape index (κ3) is 5.45. The summed E-state index contributed by atoms with van der Waals surface area (Å²) < 4.78 is 11.2. The van der Waals surface area contributed by atoms with Gasteiger partial charge in [-0.2, -0.15) is 0 Å². The van der Waals surface area contributed by atoms with Crippen molar-refractivity contribution in [1.82, 2.24) is 4.90 Å². The van der Waals surface area contributed by atoms with E-state index in [9.17, 15) is 4.79 Å². The van der Waals surface area contributed by atoms with Gasteiger partial charge in [0.15, 0.2) is 0 Å². The van der Waals surface area contributed by atoms with E-state index in [1.165, 1.54) is 19.3 Å². The summed E-state index contributed by atoms with van der Waals surface area (Å²) in [6.07, 6.45) is 5.79. The smallest absolute Gasteiger partial charge is 0.410 e. The normalized spacial score (nSPS) is 26.1. The molecule has 2 atom stereocenters. The van der Waals surface area contributed by atoms with Gasteiger partial charge < -0.3 is 14.4 Å². The average molecular weight is 311 g/mol. The number of likely N-dealkylation sites (tertiary alicyclic amines) is 1. The molecule has 0 aromatic carbocycles. The second-order valence-corrected chi connectivity index (χ2v) is 7.89. The summed E-state index contributed by atoms with van der Waals surface area (Å²) in [6, 6.07) is 0. The fourth-order valence-electron chi connectivity index (χ4n) is 3.36. The third-order valence-electron chi connectivity index (χ3n) is 4.75. The number of ether oxygens (including phenoxy) is 2. The maximum atomic E-state index is 12.1. The van der Waals surface area contributed by atoms with Crippen LogP contribution in [-0.2, 0) is 9.47 Å². The number of carbonyl (C=O) groups excluding carboxylic acids is 1. The first kappa shape index (κ1) is 17.6. The van der Waals surface area contributed by atoms with Crippen LogP contribution in [0.25, 0.3) is 0 Å². The Hall–Kier alpha value is -0.770. The Labute approximate surface area is 135 Å². The Morgan fingerprint density at radius 1 is 1.23 bits per heavy atom. The number of carbonyl (C=O) groups is 1. The topological polar surface area (TPSA) is 38.8 Å². The van der Waals surface area contributed by atoms with Crippen molar-refractivity contribution in [2.75, 3.05) is 26.3 Å². The first-order chi connectivity index (χ1) is 10.4. The molecule has 128 valence electrons. The number of rotatable bonds is 6. The second kappa shape index (κ2) is 7.67. The molecule has 0 spiro atoms. The molecule has 1 amide bonds. The molecule has 1 aliphatic carbocycles. The van der Waals surface area contributed by atoms with Crippen LogP contribution in [0.1, 0.15) is 59.8 Å². The maximum absolute atomic E-state index is 12.1. The number of piperidine rings is 1. The quantitative estimate of drug-likeness (QED) is 0.694. The summed E-state index contributed by atoms with van der Waals surface area (Å²) in [7, 11) is 0. The zero-order valence-corrected chi connectivity index (χ0v) is 14.8. The minimum absolute atomic E-state index is 0.152. The molecule has 22 heavy (non-hydrogen) atoms. The molecule has 2 rings (SSSR count). The van der Waals surface area contributed by atoms with Crippen molar-refractivity contribution in [2.24, 2.45) is 17.8 Å². The van der Waals surface area contributed by atoms with E-state index in [4.69, 9.17) is 9.47 Å². The number of amides is 1. The number of unbranched alkanes of at least 4 members (excludes halogenated alkanes) is 1. The van der Waals surface area contributed by atoms with Gasteiger partial charge in [0.1, 0.15) is 5.60 Å². The lowest BCUT2D eigenvalue weighted by Gasteiger charge is -2.33. The Balaban J connectivity index is 1.63. The zero-order valence-electron chi connectivity index (χ0n) is 14.8. The fraction of sp³-hybridized carbons (Fsp3) is 0.944. The van der Waals surface area contributed by atoms with Crippen molar-refractivity contribution in [3.63, 3.8) is 0 Å². The van der Waals surface area contributed by atoms with Crippen LogP contribution in [0.5, 0.6) is 0 Å². The molecule has 0 bridgehead atoms. The number of nitrogens with zero attached hydrogens (tertiary/aromatic N) is 1. The molecule has 0 aromatic rings. The van der Waals surface area contributed by atoms with E-state index in [2.05, 4.69) is 6.92 Å². The van der Waals surface area contributed by atoms with Gasteiger partial charge in [0, 0.05) is 26.3 Å². The molecule has 0 N–H and O–H groups in total. The molecular weight excluding hydrogens is 278 g/mol. The van der Waals surface area contributed by atoms with Crippen molar-refractivity contribution in [3.8, 4) is 0 Å². The number of hydrogen-bond donors (Lipinski definition) is 0. The first-order valence-corrected chi connectivity index (χ1v) is 8.96. The SMILES string of the molecule is CCCCOCC1CC1C1CCN(C(=O)OC(C)(C)C)CC1. The predicted molar refractivity (Wildman–Crippen MR) is 87.9 cm³/mol. The highest BCUT2D eigenvalue weighted by molar-refractivity contribution is 5.68. The van der Waals surface area contributed by atoms with E-state index < -0.39 is 5.60 Å². The highest BCUT2D eigenvalue weighted by Crippen LogP contribution is 2.48. The summed E-state index contributed by atoms with van der Waals surface area (Å²) in [5.74, 6) is 2.39. The summed E-state index contributed by atoms with van der Waals surface area (Å²) >= 11 is 0. The highest BCUT2D eigenvalue weighted by Gasteiger charge is 2.44. The summed E-state index contributed by atoms with van der Waals surface area (Å²) in [5, 5.41) is 0. The average Bonchev–Trinajstić information content (AvgIpc) is 3.21. The van der Waals surface area contributed by atoms with E-state index in [0.29, 0.717) is 0 Å². The molecule has 2 unspecified atom stereocenters. The van der Waals surface area contributed by atoms with Gasteiger partial charge in [-0.25, -0.2) is 4.79 Å². The van der Waals surface area contributed by atoms with Gasteiger partial charge in [-0.15, -0.1) is 0 Å². The van der Waals surface area contributed by atoms with Gasteiger partial charge >= 0.3 is 6.09 Å². The summed E-state index contributed by atoms with van der Waals surface area (Å²) in [6.45, 7) is 11.5. The lowest BCUT2D eigenvalue weighted by Crippen LogP contribution is -2.42. The van der Waals surface area contributed by atoms with E-state index in [0.717, 1.165) is 56.9 Å². The molecule has 0 aromatic heterocycles. The molecule has 0 radical (unpaired) electrons. The van der Waals surface area contributed by atoms with Crippen molar-refractivity contribution < 1.29 is 14.3 Å². The third-order valence-corrected chi connectivity index (χ3v) is 4.75. The van der Waals surface area contributed by atoms with Gasteiger partial charge in [0.2, 0.25) is 0 Å². The van der Waals surface area contributed by atoms with Crippen LogP contribution in [0.4, 0.5) is 4.79 Å². The van der Waals surface area contributed by atoms with Crippen LogP contribution in [0.15, 0.2) is 0 Å². The molecule has 1 heterocycles. The van der Waals surface area contributed by atoms with E-state index >= 15 is 0 Å². The Bertz CT molecular complexity index is 356. The summed E-state index contributed by atoms with van der Waals surface area (Å²) in [4.78, 5) is 13.9. The molecular formula is C18H33NO3. The molecule has 1 saturated heterocycles. The predicted octanol–water partition coefficient (Wildman–Crippen LogP) is 4.09. The Morgan fingerprint density at radius 3 is 2.50 bits per heavy atom. The van der Waals surface area contributed by atoms with Crippen LogP contribution in [0.2, 0.25) is 0 Å². The molecule has 2 aliphatic rings. The van der Waals surface area contributed by atoms with Crippen LogP contribution in [-0.4, -0.2) is 42.9 Å². The highest BCUT2D eigenvalue weighted by atomic mass is 16.6. The van der Waals surface area contributed by atoms with E-state index in [1.807, 2.05) is 25.7 Å². The molecule has 1 aliphatic heterocycles. The van der Waals surface area contributed by atoms with Crippen molar-refractivity contribution >= 4 is 6.09 Å². The van der Waals surface area contributed by atoms with E-state index in [-0.39, 0.29) is 6.09 Å². The minimum Gasteiger partial charge on any atom is -0.444 e. The van der Waals surface area contributed by atoms with Crippen molar-refractivity contribution in [2.45, 2.75) is 65.4 Å². The van der Waals surface area contributed by atoms with Gasteiger partial charge in [-0.3, -0.25) is 0 Å². The van der Waals surface area contributed by atoms with Crippen LogP contribution in [0, 0.1) is 17.8 Å². The monoisotopic (exact) mass is 311 g/mol. The van der Waals surface area contributed by atoms with Crippen LogP contribution in [0.3, 0.4) is 0 Å². The summed E-state index contributed by atoms with van der Waals surface area (Å²) in [5.41, 5.74) is -0.397. The Morgan fingerprint density at radius 2 is 1.91 bits per heavy atom. The molecule has 2 fully saturated rings. The first-order valence-electron chi connectivity index (χ1n) is 8.96. The van der Waals surface area contributed by atoms with Gasteiger partial charge in [0.05, 0.1) is 0 Å². The zero-order chi connectivity index (χ0) is 16.2. The second-order valence-electron chi connectivity index (χ2n) is 7.89. The standard InChI is InChI=1S/C18H33NO3/c1-5-6-11-21-13-15-12-16(15)14-7-9-19(10-8-14)17(20)22-18(2,3)4/h14-16H,5-13H2,1-4H3. The van der Waals surface area contributed by atoms with Gasteiger partial charge in [-0.05, 0) is 64.2 Å². The van der Waals surface area contributed by atoms with E-state index in [1.54, 1.807) is 0 Å². The lowest BCUT2D eigenvalue weighted by molar-refractivity contribution is 0.0170. The maximum Gasteiger partial charge on any atom is 0.410 e.